The van der Waals surface area contributed by atoms with E-state index in [-0.39, 0.29) is 24.4 Å². The molecule has 33 heavy (non-hydrogen) atoms. The molecule has 3 aromatic rings. The Morgan fingerprint density at radius 1 is 1.21 bits per heavy atom. The Hall–Kier alpha value is -3.79. The summed E-state index contributed by atoms with van der Waals surface area (Å²) in [6, 6.07) is 5.53. The number of ether oxygens (including phenoxy) is 1. The van der Waals surface area contributed by atoms with Crippen LogP contribution in [0.5, 0.6) is 5.75 Å². The highest BCUT2D eigenvalue weighted by molar-refractivity contribution is 5.95. The van der Waals surface area contributed by atoms with Gasteiger partial charge < -0.3 is 19.5 Å². The molecule has 0 radical (unpaired) electrons. The molecule has 170 valence electrons. The fraction of sp³-hybridized carbons (Fsp3) is 0.348. The monoisotopic (exact) mass is 448 g/mol. The normalized spacial score (nSPS) is 18.8. The van der Waals surface area contributed by atoms with Gasteiger partial charge in [0.1, 0.15) is 23.8 Å². The molecule has 0 unspecified atom stereocenters. The number of hydrogen-bond donors (Lipinski definition) is 1. The zero-order valence-corrected chi connectivity index (χ0v) is 18.4. The minimum atomic E-state index is -0.170. The van der Waals surface area contributed by atoms with E-state index in [0.29, 0.717) is 49.1 Å². The number of rotatable bonds is 2. The van der Waals surface area contributed by atoms with Crippen LogP contribution in [0.15, 0.2) is 41.3 Å². The number of nitrogens with one attached hydrogen (secondary N) is 1. The van der Waals surface area contributed by atoms with E-state index in [0.717, 1.165) is 16.8 Å². The van der Waals surface area contributed by atoms with Gasteiger partial charge in [0, 0.05) is 37.6 Å². The molecule has 0 bridgehead atoms. The molecule has 1 N–H and O–H groups in total. The number of anilines is 1. The second-order valence-corrected chi connectivity index (χ2v) is 8.24. The van der Waals surface area contributed by atoms with E-state index >= 15 is 0 Å². The van der Waals surface area contributed by atoms with E-state index in [1.165, 1.54) is 18.6 Å². The molecule has 1 saturated heterocycles. The van der Waals surface area contributed by atoms with Crippen LogP contribution in [0.1, 0.15) is 21.9 Å². The molecule has 1 aromatic carbocycles. The van der Waals surface area contributed by atoms with Crippen LogP contribution >= 0.6 is 0 Å². The van der Waals surface area contributed by atoms with Crippen molar-refractivity contribution in [2.45, 2.75) is 19.9 Å². The molecule has 2 aromatic heterocycles. The zero-order valence-electron chi connectivity index (χ0n) is 18.4. The smallest absolute Gasteiger partial charge is 0.274 e. The summed E-state index contributed by atoms with van der Waals surface area (Å²) in [5, 5.41) is 7.00. The first-order valence-electron chi connectivity index (χ1n) is 10.8. The Morgan fingerprint density at radius 2 is 2.09 bits per heavy atom. The molecule has 2 aliphatic heterocycles. The van der Waals surface area contributed by atoms with Crippen molar-refractivity contribution < 1.29 is 18.8 Å². The van der Waals surface area contributed by atoms with Gasteiger partial charge in [-0.2, -0.15) is 0 Å². The number of aryl methyl sites for hydroxylation is 2. The van der Waals surface area contributed by atoms with Crippen molar-refractivity contribution in [1.29, 1.82) is 0 Å². The Morgan fingerprint density at radius 3 is 2.85 bits per heavy atom. The van der Waals surface area contributed by atoms with Crippen LogP contribution in [-0.4, -0.2) is 75.6 Å². The van der Waals surface area contributed by atoms with Crippen LogP contribution < -0.4 is 10.1 Å². The Labute approximate surface area is 190 Å². The van der Waals surface area contributed by atoms with Gasteiger partial charge in [0.25, 0.3) is 5.91 Å². The van der Waals surface area contributed by atoms with E-state index in [4.69, 9.17) is 9.26 Å². The molecular weight excluding hydrogens is 424 g/mol. The molecule has 2 amide bonds. The molecule has 10 heteroatoms. The zero-order chi connectivity index (χ0) is 22.9. The molecule has 0 aliphatic carbocycles. The summed E-state index contributed by atoms with van der Waals surface area (Å²) >= 11 is 0. The van der Waals surface area contributed by atoms with Crippen molar-refractivity contribution in [2.24, 2.45) is 0 Å². The number of carbonyl (C=O) groups is 2. The van der Waals surface area contributed by atoms with Crippen LogP contribution in [0.3, 0.4) is 0 Å². The molecular formula is C23H24N6O4. The molecule has 4 heterocycles. The number of hydrogen-bond acceptors (Lipinski definition) is 8. The maximum Gasteiger partial charge on any atom is 0.274 e. The second-order valence-electron chi connectivity index (χ2n) is 8.24. The quantitative estimate of drug-likeness (QED) is 0.632. The fourth-order valence-electron chi connectivity index (χ4n) is 4.38. The van der Waals surface area contributed by atoms with Gasteiger partial charge in [-0.15, -0.1) is 0 Å². The van der Waals surface area contributed by atoms with E-state index in [1.54, 1.807) is 4.90 Å². The minimum Gasteiger partial charge on any atom is -0.490 e. The number of nitrogens with zero attached hydrogens (tertiary/aromatic N) is 5. The second kappa shape index (κ2) is 8.62. The van der Waals surface area contributed by atoms with Crippen molar-refractivity contribution in [3.8, 4) is 16.9 Å². The number of fused-ring (bicyclic) bond motifs is 2. The fourth-order valence-corrected chi connectivity index (χ4v) is 4.38. The lowest BCUT2D eigenvalue weighted by molar-refractivity contribution is -0.118. The largest absolute Gasteiger partial charge is 0.490 e. The first-order valence-corrected chi connectivity index (χ1v) is 10.8. The van der Waals surface area contributed by atoms with Gasteiger partial charge in [0.15, 0.2) is 0 Å². The summed E-state index contributed by atoms with van der Waals surface area (Å²) in [4.78, 5) is 37.6. The summed E-state index contributed by atoms with van der Waals surface area (Å²) in [6.45, 7) is 5.81. The predicted octanol–water partition coefficient (Wildman–Crippen LogP) is 1.91. The molecule has 10 nitrogen and oxygen atoms in total. The Bertz CT molecular complexity index is 1180. The number of aromatic nitrogens is 3. The summed E-state index contributed by atoms with van der Waals surface area (Å²) in [6.07, 6.45) is 4.51. The summed E-state index contributed by atoms with van der Waals surface area (Å²) in [7, 11) is 0. The Balaban J connectivity index is 1.37. The summed E-state index contributed by atoms with van der Waals surface area (Å²) < 4.78 is 11.4. The van der Waals surface area contributed by atoms with Crippen molar-refractivity contribution >= 4 is 17.5 Å². The van der Waals surface area contributed by atoms with E-state index < -0.39 is 0 Å². The third-order valence-electron chi connectivity index (χ3n) is 6.03. The van der Waals surface area contributed by atoms with Crippen LogP contribution in [0, 0.1) is 13.8 Å². The van der Waals surface area contributed by atoms with E-state index in [2.05, 4.69) is 25.3 Å². The number of amides is 2. The van der Waals surface area contributed by atoms with Gasteiger partial charge in [-0.3, -0.25) is 19.5 Å². The molecule has 0 saturated carbocycles. The lowest BCUT2D eigenvalue weighted by Gasteiger charge is -2.40. The lowest BCUT2D eigenvalue weighted by atomic mass is 10.0. The van der Waals surface area contributed by atoms with E-state index in [9.17, 15) is 9.59 Å². The third kappa shape index (κ3) is 4.17. The van der Waals surface area contributed by atoms with E-state index in [1.807, 2.05) is 32.0 Å². The number of piperazine rings is 1. The first-order chi connectivity index (χ1) is 16.0. The highest BCUT2D eigenvalue weighted by Crippen LogP contribution is 2.34. The topological polar surface area (TPSA) is 114 Å². The number of benzene rings is 1. The average Bonchev–Trinajstić information content (AvgIpc) is 3.19. The van der Waals surface area contributed by atoms with Gasteiger partial charge >= 0.3 is 0 Å². The van der Waals surface area contributed by atoms with Crippen LogP contribution in [-0.2, 0) is 4.79 Å². The van der Waals surface area contributed by atoms with Crippen LogP contribution in [0.2, 0.25) is 0 Å². The van der Waals surface area contributed by atoms with Gasteiger partial charge in [-0.05, 0) is 31.5 Å². The summed E-state index contributed by atoms with van der Waals surface area (Å²) in [5.74, 6) is 0.999. The van der Waals surface area contributed by atoms with Crippen LogP contribution in [0.25, 0.3) is 11.1 Å². The molecule has 1 fully saturated rings. The molecule has 2 aliphatic rings. The van der Waals surface area contributed by atoms with Crippen molar-refractivity contribution in [3.63, 3.8) is 0 Å². The lowest BCUT2D eigenvalue weighted by Crippen LogP contribution is -2.58. The van der Waals surface area contributed by atoms with Gasteiger partial charge in [-0.1, -0.05) is 11.2 Å². The number of carbonyl (C=O) groups excluding carboxylic acids is 2. The average molecular weight is 448 g/mol. The summed E-state index contributed by atoms with van der Waals surface area (Å²) in [5.41, 5.74) is 3.50. The van der Waals surface area contributed by atoms with Crippen molar-refractivity contribution in [3.05, 3.63) is 53.9 Å². The molecule has 1 atom stereocenters. The van der Waals surface area contributed by atoms with Crippen LogP contribution in [0.4, 0.5) is 5.69 Å². The highest BCUT2D eigenvalue weighted by atomic mass is 16.5. The maximum absolute atomic E-state index is 12.8. The van der Waals surface area contributed by atoms with Crippen molar-refractivity contribution in [1.82, 2.24) is 24.9 Å². The minimum absolute atomic E-state index is 0.127. The standard InChI is InChI=1S/C23H24N6O4/c1-14-22(15(2)33-27-14)16-3-4-20-18(9-16)26-21(30)12-28-7-8-29(11-17(28)13-32-20)23(31)19-10-24-5-6-25-19/h3-6,9-10,17H,7-8,11-13H2,1-2H3,(H,26,30)/t17-/m1/s1. The van der Waals surface area contributed by atoms with Gasteiger partial charge in [-0.25, -0.2) is 4.98 Å². The van der Waals surface area contributed by atoms with Crippen molar-refractivity contribution in [2.75, 3.05) is 38.1 Å². The van der Waals surface area contributed by atoms with Gasteiger partial charge in [0.2, 0.25) is 5.91 Å². The Kier molecular flexibility index (Phi) is 5.51. The first kappa shape index (κ1) is 21.1. The molecule has 0 spiro atoms. The highest BCUT2D eigenvalue weighted by Gasteiger charge is 2.33. The molecule has 5 rings (SSSR count). The SMILES string of the molecule is Cc1noc(C)c1-c1ccc2c(c1)NC(=O)CN1CCN(C(=O)c3cnccn3)C[C@@H]1CO2. The maximum atomic E-state index is 12.8. The third-order valence-corrected chi connectivity index (χ3v) is 6.03. The predicted molar refractivity (Wildman–Crippen MR) is 119 cm³/mol. The van der Waals surface area contributed by atoms with Gasteiger partial charge in [0.05, 0.1) is 30.2 Å².